The maximum Gasteiger partial charge on any atom is 0.242 e. The van der Waals surface area contributed by atoms with Crippen LogP contribution in [-0.2, 0) is 9.59 Å². The molecule has 0 saturated carbocycles. The van der Waals surface area contributed by atoms with Crippen molar-refractivity contribution in [3.8, 4) is 0 Å². The molecule has 0 bridgehead atoms. The zero-order valence-electron chi connectivity index (χ0n) is 11.5. The number of likely N-dealkylation sites (tertiary alicyclic amines) is 1. The van der Waals surface area contributed by atoms with Gasteiger partial charge in [-0.15, -0.1) is 0 Å². The fourth-order valence-corrected chi connectivity index (χ4v) is 2.43. The molecule has 0 aliphatic carbocycles. The van der Waals surface area contributed by atoms with Crippen molar-refractivity contribution in [2.45, 2.75) is 45.2 Å². The molecule has 102 valence electrons. The summed E-state index contributed by atoms with van der Waals surface area (Å²) in [7, 11) is 0. The van der Waals surface area contributed by atoms with Crippen LogP contribution in [0.4, 0.5) is 0 Å². The van der Waals surface area contributed by atoms with Crippen molar-refractivity contribution in [3.05, 3.63) is 0 Å². The molecule has 1 atom stereocenters. The van der Waals surface area contributed by atoms with Gasteiger partial charge in [-0.25, -0.2) is 0 Å². The molecule has 0 aromatic carbocycles. The van der Waals surface area contributed by atoms with E-state index >= 15 is 0 Å². The lowest BCUT2D eigenvalue weighted by Crippen LogP contribution is -2.59. The number of carbonyl (C=O) groups excluding carboxylic acids is 2. The predicted octanol–water partition coefficient (Wildman–Crippen LogP) is 0.112. The van der Waals surface area contributed by atoms with Gasteiger partial charge in [0.15, 0.2) is 0 Å². The molecule has 5 nitrogen and oxygen atoms in total. The molecule has 2 saturated heterocycles. The minimum atomic E-state index is -0.309. The zero-order chi connectivity index (χ0) is 13.3. The van der Waals surface area contributed by atoms with E-state index in [1.165, 1.54) is 0 Å². The largest absolute Gasteiger partial charge is 0.354 e. The van der Waals surface area contributed by atoms with E-state index in [9.17, 15) is 9.59 Å². The number of hydrogen-bond acceptors (Lipinski definition) is 3. The van der Waals surface area contributed by atoms with Crippen molar-refractivity contribution in [3.63, 3.8) is 0 Å². The van der Waals surface area contributed by atoms with Gasteiger partial charge in [0.05, 0.1) is 0 Å². The van der Waals surface area contributed by atoms with Crippen molar-refractivity contribution < 1.29 is 9.59 Å². The fourth-order valence-electron chi connectivity index (χ4n) is 2.43. The summed E-state index contributed by atoms with van der Waals surface area (Å²) < 4.78 is 0. The summed E-state index contributed by atoms with van der Waals surface area (Å²) in [6, 6.07) is -0.309. The molecule has 2 amide bonds. The molecule has 2 aliphatic heterocycles. The van der Waals surface area contributed by atoms with Crippen LogP contribution in [0.1, 0.15) is 33.6 Å². The average molecular weight is 253 g/mol. The summed E-state index contributed by atoms with van der Waals surface area (Å²) in [5.41, 5.74) is 0.222. The Morgan fingerprint density at radius 3 is 2.61 bits per heavy atom. The van der Waals surface area contributed by atoms with E-state index < -0.39 is 0 Å². The third-order valence-electron chi connectivity index (χ3n) is 3.78. The van der Waals surface area contributed by atoms with Gasteiger partial charge in [-0.05, 0) is 27.2 Å². The van der Waals surface area contributed by atoms with Gasteiger partial charge in [-0.2, -0.15) is 0 Å². The summed E-state index contributed by atoms with van der Waals surface area (Å²) in [4.78, 5) is 25.2. The second-order valence-corrected chi connectivity index (χ2v) is 6.35. The summed E-state index contributed by atoms with van der Waals surface area (Å²) in [5, 5.41) is 5.62. The van der Waals surface area contributed by atoms with Crippen LogP contribution in [0.2, 0.25) is 0 Å². The van der Waals surface area contributed by atoms with Crippen LogP contribution in [0.5, 0.6) is 0 Å². The van der Waals surface area contributed by atoms with Crippen LogP contribution in [0, 0.1) is 5.92 Å². The second kappa shape index (κ2) is 4.88. The van der Waals surface area contributed by atoms with E-state index in [4.69, 9.17) is 0 Å². The van der Waals surface area contributed by atoms with Gasteiger partial charge < -0.3 is 10.6 Å². The number of nitrogens with one attached hydrogen (secondary N) is 2. The van der Waals surface area contributed by atoms with E-state index in [1.54, 1.807) is 0 Å². The van der Waals surface area contributed by atoms with Gasteiger partial charge in [0, 0.05) is 37.5 Å². The lowest BCUT2D eigenvalue weighted by Gasteiger charge is -2.47. The Kier molecular flexibility index (Phi) is 3.61. The second-order valence-electron chi connectivity index (χ2n) is 6.35. The Morgan fingerprint density at radius 1 is 1.44 bits per heavy atom. The molecule has 0 radical (unpaired) electrons. The molecule has 2 fully saturated rings. The van der Waals surface area contributed by atoms with Crippen molar-refractivity contribution in [1.29, 1.82) is 0 Å². The molecule has 2 heterocycles. The molecule has 2 aliphatic rings. The van der Waals surface area contributed by atoms with Crippen LogP contribution in [-0.4, -0.2) is 47.9 Å². The molecular formula is C13H23N3O2. The predicted molar refractivity (Wildman–Crippen MR) is 69.0 cm³/mol. The lowest BCUT2D eigenvalue weighted by molar-refractivity contribution is -0.126. The van der Waals surface area contributed by atoms with Crippen LogP contribution >= 0.6 is 0 Å². The number of hydrogen-bond donors (Lipinski definition) is 2. The Morgan fingerprint density at radius 2 is 2.11 bits per heavy atom. The highest BCUT2D eigenvalue weighted by atomic mass is 16.2. The molecule has 5 heteroatoms. The van der Waals surface area contributed by atoms with E-state index in [-0.39, 0.29) is 23.4 Å². The van der Waals surface area contributed by atoms with Gasteiger partial charge in [0.25, 0.3) is 0 Å². The molecule has 0 unspecified atom stereocenters. The highest BCUT2D eigenvalue weighted by molar-refractivity contribution is 5.90. The normalized spacial score (nSPS) is 25.7. The Labute approximate surface area is 108 Å². The first kappa shape index (κ1) is 13.3. The van der Waals surface area contributed by atoms with Crippen LogP contribution < -0.4 is 10.6 Å². The van der Waals surface area contributed by atoms with Gasteiger partial charge in [0.2, 0.25) is 11.8 Å². The topological polar surface area (TPSA) is 61.4 Å². The number of nitrogens with zero attached hydrogens (tertiary/aromatic N) is 1. The fraction of sp³-hybridized carbons (Fsp3) is 0.846. The smallest absolute Gasteiger partial charge is 0.242 e. The monoisotopic (exact) mass is 253 g/mol. The standard InChI is InChI=1S/C13H23N3O2/c1-13(2,3)16-7-9(8-16)6-14-12(18)10-4-5-11(17)15-10/h9-10H,4-8H2,1-3H3,(H,14,18)(H,15,17)/t10-/m0/s1. The van der Waals surface area contributed by atoms with E-state index in [1.807, 2.05) is 0 Å². The van der Waals surface area contributed by atoms with Crippen molar-refractivity contribution in [2.75, 3.05) is 19.6 Å². The van der Waals surface area contributed by atoms with Gasteiger partial charge >= 0.3 is 0 Å². The number of rotatable bonds is 3. The number of amides is 2. The molecule has 0 aromatic rings. The lowest BCUT2D eigenvalue weighted by atomic mass is 9.92. The zero-order valence-corrected chi connectivity index (χ0v) is 11.5. The van der Waals surface area contributed by atoms with Crippen LogP contribution in [0.3, 0.4) is 0 Å². The average Bonchev–Trinajstić information content (AvgIpc) is 2.60. The quantitative estimate of drug-likeness (QED) is 0.750. The molecule has 2 rings (SSSR count). The van der Waals surface area contributed by atoms with Gasteiger partial charge in [0.1, 0.15) is 6.04 Å². The van der Waals surface area contributed by atoms with Gasteiger partial charge in [-0.3, -0.25) is 14.5 Å². The van der Waals surface area contributed by atoms with Gasteiger partial charge in [-0.1, -0.05) is 0 Å². The molecule has 2 N–H and O–H groups in total. The first-order chi connectivity index (χ1) is 8.36. The maximum absolute atomic E-state index is 11.8. The minimum absolute atomic E-state index is 0.0160. The molecular weight excluding hydrogens is 230 g/mol. The minimum Gasteiger partial charge on any atom is -0.354 e. The van der Waals surface area contributed by atoms with E-state index in [2.05, 4.69) is 36.3 Å². The Hall–Kier alpha value is -1.10. The maximum atomic E-state index is 11.8. The van der Waals surface area contributed by atoms with E-state index in [0.29, 0.717) is 18.8 Å². The highest BCUT2D eigenvalue weighted by Gasteiger charge is 2.35. The summed E-state index contributed by atoms with van der Waals surface area (Å²) in [6.07, 6.45) is 1.10. The summed E-state index contributed by atoms with van der Waals surface area (Å²) >= 11 is 0. The first-order valence-corrected chi connectivity index (χ1v) is 6.68. The molecule has 0 spiro atoms. The summed E-state index contributed by atoms with van der Waals surface area (Å²) in [5.74, 6) is 0.498. The molecule has 18 heavy (non-hydrogen) atoms. The van der Waals surface area contributed by atoms with Crippen molar-refractivity contribution in [1.82, 2.24) is 15.5 Å². The van der Waals surface area contributed by atoms with Crippen LogP contribution in [0.15, 0.2) is 0 Å². The van der Waals surface area contributed by atoms with E-state index in [0.717, 1.165) is 19.6 Å². The summed E-state index contributed by atoms with van der Waals surface area (Å²) in [6.45, 7) is 9.42. The molecule has 0 aromatic heterocycles. The third kappa shape index (κ3) is 3.02. The van der Waals surface area contributed by atoms with Crippen molar-refractivity contribution in [2.24, 2.45) is 5.92 Å². The third-order valence-corrected chi connectivity index (χ3v) is 3.78. The SMILES string of the molecule is CC(C)(C)N1CC(CNC(=O)[C@@H]2CCC(=O)N2)C1. The first-order valence-electron chi connectivity index (χ1n) is 6.68. The van der Waals surface area contributed by atoms with Crippen LogP contribution in [0.25, 0.3) is 0 Å². The highest BCUT2D eigenvalue weighted by Crippen LogP contribution is 2.24. The Balaban J connectivity index is 1.65. The Bertz CT molecular complexity index is 343. The number of carbonyl (C=O) groups is 2. The van der Waals surface area contributed by atoms with Crippen molar-refractivity contribution >= 4 is 11.8 Å².